The van der Waals surface area contributed by atoms with E-state index < -0.39 is 92.7 Å². The Morgan fingerprint density at radius 3 is 1.40 bits per heavy atom. The molecule has 0 aliphatic carbocycles. The maximum Gasteiger partial charge on any atom is 0.306 e. The number of allylic oxidation sites excluding steroid dienone is 3. The van der Waals surface area contributed by atoms with Crippen LogP contribution in [0.3, 0.4) is 0 Å². The first kappa shape index (κ1) is 62.1. The van der Waals surface area contributed by atoms with Gasteiger partial charge in [0, 0.05) is 12.8 Å². The van der Waals surface area contributed by atoms with Gasteiger partial charge in [-0.05, 0) is 51.4 Å². The van der Waals surface area contributed by atoms with Crippen LogP contribution in [0.2, 0.25) is 0 Å². The lowest BCUT2D eigenvalue weighted by Crippen LogP contribution is -2.61. The van der Waals surface area contributed by atoms with Crippen LogP contribution in [0.15, 0.2) is 24.8 Å². The Labute approximate surface area is 409 Å². The molecule has 0 amide bonds. The van der Waals surface area contributed by atoms with E-state index in [1.54, 1.807) is 0 Å². The summed E-state index contributed by atoms with van der Waals surface area (Å²) in [6.45, 7) is 4.13. The lowest BCUT2D eigenvalue weighted by atomic mass is 9.98. The van der Waals surface area contributed by atoms with Crippen molar-refractivity contribution in [3.63, 3.8) is 0 Å². The van der Waals surface area contributed by atoms with Crippen LogP contribution < -0.4 is 0 Å². The molecule has 68 heavy (non-hydrogen) atoms. The monoisotopic (exact) mass is 973 g/mol. The second-order valence-electron chi connectivity index (χ2n) is 19.1. The molecule has 0 radical (unpaired) electrons. The minimum atomic E-state index is -1.76. The normalized spacial score (nSPS) is 25.7. The van der Waals surface area contributed by atoms with Gasteiger partial charge in [-0.25, -0.2) is 0 Å². The zero-order valence-corrected chi connectivity index (χ0v) is 41.9. The maximum absolute atomic E-state index is 13.0. The molecular weight excluding hydrogens is 877 g/mol. The van der Waals surface area contributed by atoms with E-state index in [0.29, 0.717) is 12.8 Å². The third-order valence-corrected chi connectivity index (χ3v) is 13.0. The molecule has 11 atom stereocenters. The quantitative estimate of drug-likeness (QED) is 0.0175. The predicted octanol–water partition coefficient (Wildman–Crippen LogP) is 7.94. The van der Waals surface area contributed by atoms with Crippen LogP contribution in [-0.4, -0.2) is 142 Å². The number of esters is 2. The van der Waals surface area contributed by atoms with Crippen LogP contribution in [0.5, 0.6) is 0 Å². The topological polar surface area (TPSA) is 231 Å². The Balaban J connectivity index is 1.78. The molecule has 2 aliphatic rings. The lowest BCUT2D eigenvalue weighted by Gasteiger charge is -2.42. The van der Waals surface area contributed by atoms with E-state index in [1.165, 1.54) is 122 Å². The van der Waals surface area contributed by atoms with Gasteiger partial charge in [0.05, 0.1) is 19.8 Å². The number of rotatable bonds is 43. The largest absolute Gasteiger partial charge is 0.462 e. The smallest absolute Gasteiger partial charge is 0.306 e. The maximum atomic E-state index is 13.0. The van der Waals surface area contributed by atoms with Crippen molar-refractivity contribution in [3.05, 3.63) is 24.8 Å². The van der Waals surface area contributed by atoms with Gasteiger partial charge in [-0.2, -0.15) is 0 Å². The van der Waals surface area contributed by atoms with Gasteiger partial charge in [0.15, 0.2) is 18.7 Å². The summed E-state index contributed by atoms with van der Waals surface area (Å²) in [4.78, 5) is 25.8. The van der Waals surface area contributed by atoms with Crippen LogP contribution in [0.1, 0.15) is 206 Å². The van der Waals surface area contributed by atoms with Gasteiger partial charge >= 0.3 is 11.9 Å². The first-order valence-corrected chi connectivity index (χ1v) is 26.9. The number of aliphatic hydroxyl groups excluding tert-OH is 7. The third kappa shape index (κ3) is 28.1. The summed E-state index contributed by atoms with van der Waals surface area (Å²) in [7, 11) is 0. The van der Waals surface area contributed by atoms with Crippen LogP contribution in [0.25, 0.3) is 0 Å². The molecule has 0 aromatic carbocycles. The van der Waals surface area contributed by atoms with Crippen molar-refractivity contribution < 1.29 is 73.8 Å². The van der Waals surface area contributed by atoms with E-state index in [2.05, 4.69) is 25.7 Å². The molecule has 2 fully saturated rings. The van der Waals surface area contributed by atoms with Crippen molar-refractivity contribution in [2.75, 3.05) is 26.4 Å². The fourth-order valence-corrected chi connectivity index (χ4v) is 8.60. The van der Waals surface area contributed by atoms with Crippen molar-refractivity contribution in [2.45, 2.75) is 273 Å². The molecule has 4 unspecified atom stereocenters. The number of hydrogen-bond acceptors (Lipinski definition) is 15. The number of hydrogen-bond donors (Lipinski definition) is 7. The van der Waals surface area contributed by atoms with Crippen molar-refractivity contribution in [1.29, 1.82) is 0 Å². The highest BCUT2D eigenvalue weighted by Crippen LogP contribution is 2.27. The predicted molar refractivity (Wildman–Crippen MR) is 261 cm³/mol. The SMILES string of the molecule is C=CCCCCCCCCCCCCCCCC(=O)OC[C@H](CO[C@H]1O[C@@H](CO[C@H]2O[C@@H](CO)[C@@H](O)C(O)C2O)[C@@H](O)C(O)C1O)OC(=O)CCCCCCCCCCC/C=C/CCCCCC. The van der Waals surface area contributed by atoms with Crippen LogP contribution in [-0.2, 0) is 38.0 Å². The molecule has 0 spiro atoms. The minimum Gasteiger partial charge on any atom is -0.462 e. The van der Waals surface area contributed by atoms with E-state index in [4.69, 9.17) is 28.4 Å². The molecule has 2 aliphatic heterocycles. The molecule has 0 aromatic rings. The number of carbonyl (C=O) groups excluding carboxylic acids is 2. The minimum absolute atomic E-state index is 0.164. The summed E-state index contributed by atoms with van der Waals surface area (Å²) in [6.07, 6.45) is 23.7. The van der Waals surface area contributed by atoms with Crippen molar-refractivity contribution >= 4 is 11.9 Å². The number of unbranched alkanes of at least 4 members (excludes halogenated alkanes) is 26. The fourth-order valence-electron chi connectivity index (χ4n) is 8.60. The highest BCUT2D eigenvalue weighted by atomic mass is 16.7. The van der Waals surface area contributed by atoms with Crippen LogP contribution >= 0.6 is 0 Å². The molecule has 15 heteroatoms. The van der Waals surface area contributed by atoms with Crippen LogP contribution in [0.4, 0.5) is 0 Å². The summed E-state index contributed by atoms with van der Waals surface area (Å²) in [6, 6.07) is 0. The fraction of sp³-hybridized carbons (Fsp3) is 0.887. The Hall–Kier alpha value is -2.02. The summed E-state index contributed by atoms with van der Waals surface area (Å²) < 4.78 is 33.6. The molecule has 2 rings (SSSR count). The molecule has 0 saturated carbocycles. The highest BCUT2D eigenvalue weighted by molar-refractivity contribution is 5.70. The van der Waals surface area contributed by atoms with Gasteiger partial charge in [-0.3, -0.25) is 9.59 Å². The molecule has 398 valence electrons. The van der Waals surface area contributed by atoms with E-state index in [0.717, 1.165) is 51.4 Å². The molecule has 0 aromatic heterocycles. The molecule has 2 heterocycles. The number of aliphatic hydroxyl groups is 7. The zero-order valence-electron chi connectivity index (χ0n) is 41.9. The van der Waals surface area contributed by atoms with Crippen molar-refractivity contribution in [2.24, 2.45) is 0 Å². The van der Waals surface area contributed by atoms with Gasteiger partial charge in [0.25, 0.3) is 0 Å². The van der Waals surface area contributed by atoms with Crippen LogP contribution in [0, 0.1) is 0 Å². The van der Waals surface area contributed by atoms with Crippen molar-refractivity contribution in [1.82, 2.24) is 0 Å². The first-order valence-electron chi connectivity index (χ1n) is 26.9. The van der Waals surface area contributed by atoms with Gasteiger partial charge in [0.2, 0.25) is 0 Å². The van der Waals surface area contributed by atoms with E-state index in [-0.39, 0.29) is 26.1 Å². The van der Waals surface area contributed by atoms with Crippen molar-refractivity contribution in [3.8, 4) is 0 Å². The Bertz CT molecular complexity index is 1270. The summed E-state index contributed by atoms with van der Waals surface area (Å²) in [5.74, 6) is -0.922. The Kier molecular flexibility index (Phi) is 37.0. The number of carbonyl (C=O) groups is 2. The van der Waals surface area contributed by atoms with Gasteiger partial charge in [0.1, 0.15) is 55.4 Å². The second kappa shape index (κ2) is 40.6. The first-order chi connectivity index (χ1) is 33.0. The average Bonchev–Trinajstić information content (AvgIpc) is 3.33. The molecule has 0 bridgehead atoms. The molecule has 7 N–H and O–H groups in total. The zero-order chi connectivity index (χ0) is 49.6. The van der Waals surface area contributed by atoms with E-state index in [1.807, 2.05) is 6.08 Å². The van der Waals surface area contributed by atoms with Gasteiger partial charge < -0.3 is 64.2 Å². The van der Waals surface area contributed by atoms with E-state index in [9.17, 15) is 45.3 Å². The summed E-state index contributed by atoms with van der Waals surface area (Å²) >= 11 is 0. The Morgan fingerprint density at radius 2 is 0.912 bits per heavy atom. The molecular formula is C53H96O15. The molecule has 2 saturated heterocycles. The summed E-state index contributed by atoms with van der Waals surface area (Å²) in [5, 5.41) is 72.1. The van der Waals surface area contributed by atoms with Gasteiger partial charge in [-0.1, -0.05) is 160 Å². The van der Waals surface area contributed by atoms with Gasteiger partial charge in [-0.15, -0.1) is 6.58 Å². The van der Waals surface area contributed by atoms with E-state index >= 15 is 0 Å². The Morgan fingerprint density at radius 1 is 0.500 bits per heavy atom. The molecule has 15 nitrogen and oxygen atoms in total. The lowest BCUT2D eigenvalue weighted by molar-refractivity contribution is -0.332. The average molecular weight is 973 g/mol. The third-order valence-electron chi connectivity index (χ3n) is 13.0. The second-order valence-corrected chi connectivity index (χ2v) is 19.1. The summed E-state index contributed by atoms with van der Waals surface area (Å²) in [5.41, 5.74) is 0. The standard InChI is InChI=1S/C53H96O15/c1-3-5-7-9-11-13-15-17-19-20-22-24-26-28-30-32-34-36-45(56)66-41(38-63-44(55)35-33-31-29-27-25-23-21-18-16-14-12-10-8-6-4-2)39-64-52-51(62)49(60)47(58)43(68-52)40-65-53-50(61)48(59)46(57)42(37-54)67-53/h4,13,15,41-43,46-54,57-62H,2-3,5-12,14,16-40H2,1H3/b15-13+/t41-,42+,43+,46-,47-,48?,49?,50?,51?,52+,53+/m1/s1. The number of ether oxygens (including phenoxy) is 6. The highest BCUT2D eigenvalue weighted by Gasteiger charge is 2.47.